The molecular weight excluding hydrogens is 371 g/mol. The Bertz CT molecular complexity index is 1160. The van der Waals surface area contributed by atoms with Crippen molar-refractivity contribution < 1.29 is 18.3 Å². The van der Waals surface area contributed by atoms with E-state index in [0.717, 1.165) is 17.5 Å². The Hall–Kier alpha value is -3.93. The Morgan fingerprint density at radius 2 is 1.76 bits per heavy atom. The van der Waals surface area contributed by atoms with Crippen LogP contribution in [-0.4, -0.2) is 18.0 Å². The van der Waals surface area contributed by atoms with Gasteiger partial charge in [0.05, 0.1) is 12.8 Å². The molecule has 1 amide bonds. The molecule has 0 saturated heterocycles. The van der Waals surface area contributed by atoms with Gasteiger partial charge < -0.3 is 14.5 Å². The summed E-state index contributed by atoms with van der Waals surface area (Å²) in [5.74, 6) is -0.210. The molecule has 4 aromatic rings. The van der Waals surface area contributed by atoms with Crippen LogP contribution in [0.2, 0.25) is 0 Å². The van der Waals surface area contributed by atoms with Crippen molar-refractivity contribution >= 4 is 11.6 Å². The van der Waals surface area contributed by atoms with Gasteiger partial charge in [-0.05, 0) is 35.4 Å². The number of carbonyl (C=O) groups excluding carboxylic acids is 1. The molecule has 29 heavy (non-hydrogen) atoms. The van der Waals surface area contributed by atoms with Crippen LogP contribution in [-0.2, 0) is 0 Å². The third-order valence-electron chi connectivity index (χ3n) is 4.42. The van der Waals surface area contributed by atoms with Crippen LogP contribution in [0.25, 0.3) is 22.5 Å². The number of anilines is 1. The zero-order valence-corrected chi connectivity index (χ0v) is 15.6. The van der Waals surface area contributed by atoms with E-state index in [1.807, 2.05) is 42.5 Å². The Morgan fingerprint density at radius 1 is 0.966 bits per heavy atom. The highest BCUT2D eigenvalue weighted by Gasteiger charge is 2.20. The maximum Gasteiger partial charge on any atom is 0.278 e. The fraction of sp³-hybridized carbons (Fsp3) is 0.0435. The van der Waals surface area contributed by atoms with Crippen molar-refractivity contribution in [3.63, 3.8) is 0 Å². The van der Waals surface area contributed by atoms with E-state index in [9.17, 15) is 9.18 Å². The van der Waals surface area contributed by atoms with E-state index in [2.05, 4.69) is 10.3 Å². The third-order valence-corrected chi connectivity index (χ3v) is 4.42. The minimum Gasteiger partial charge on any atom is -0.495 e. The van der Waals surface area contributed by atoms with E-state index in [1.165, 1.54) is 19.2 Å². The summed E-state index contributed by atoms with van der Waals surface area (Å²) in [5, 5.41) is 2.82. The molecule has 1 aromatic heterocycles. The molecule has 0 unspecified atom stereocenters. The second-order valence-electron chi connectivity index (χ2n) is 6.28. The zero-order chi connectivity index (χ0) is 20.2. The molecule has 3 aromatic carbocycles. The SMILES string of the molecule is COc1ccc(-c2ccccc2)cc1NC(=O)c1ncoc1-c1cccc(F)c1. The summed E-state index contributed by atoms with van der Waals surface area (Å²) < 4.78 is 24.3. The average molecular weight is 388 g/mol. The number of halogens is 1. The van der Waals surface area contributed by atoms with Gasteiger partial charge in [-0.15, -0.1) is 0 Å². The monoisotopic (exact) mass is 388 g/mol. The normalized spacial score (nSPS) is 10.6. The maximum atomic E-state index is 13.6. The predicted octanol–water partition coefficient (Wildman–Crippen LogP) is 5.41. The lowest BCUT2D eigenvalue weighted by molar-refractivity contribution is 0.102. The van der Waals surface area contributed by atoms with Crippen LogP contribution in [0, 0.1) is 5.82 Å². The lowest BCUT2D eigenvalue weighted by atomic mass is 10.0. The highest BCUT2D eigenvalue weighted by molar-refractivity contribution is 6.07. The van der Waals surface area contributed by atoms with E-state index in [-0.39, 0.29) is 11.5 Å². The summed E-state index contributed by atoms with van der Waals surface area (Å²) in [6, 6.07) is 21.1. The molecule has 5 nitrogen and oxygen atoms in total. The molecule has 0 aliphatic rings. The Labute approximate surface area is 166 Å². The fourth-order valence-corrected chi connectivity index (χ4v) is 3.04. The van der Waals surface area contributed by atoms with Crippen molar-refractivity contribution in [3.05, 3.63) is 90.7 Å². The number of nitrogens with one attached hydrogen (secondary N) is 1. The quantitative estimate of drug-likeness (QED) is 0.497. The van der Waals surface area contributed by atoms with E-state index in [4.69, 9.17) is 9.15 Å². The van der Waals surface area contributed by atoms with Gasteiger partial charge in [-0.3, -0.25) is 4.79 Å². The molecule has 0 saturated carbocycles. The second kappa shape index (κ2) is 7.98. The van der Waals surface area contributed by atoms with Gasteiger partial charge in [0, 0.05) is 5.56 Å². The van der Waals surface area contributed by atoms with Crippen molar-refractivity contribution in [3.8, 4) is 28.2 Å². The Kier molecular flexibility index (Phi) is 5.07. The van der Waals surface area contributed by atoms with Crippen LogP contribution >= 0.6 is 0 Å². The van der Waals surface area contributed by atoms with Crippen molar-refractivity contribution in [2.75, 3.05) is 12.4 Å². The van der Waals surface area contributed by atoms with Gasteiger partial charge in [-0.2, -0.15) is 0 Å². The first-order valence-electron chi connectivity index (χ1n) is 8.90. The van der Waals surface area contributed by atoms with Crippen LogP contribution in [0.15, 0.2) is 83.6 Å². The van der Waals surface area contributed by atoms with E-state index < -0.39 is 11.7 Å². The summed E-state index contributed by atoms with van der Waals surface area (Å²) >= 11 is 0. The molecule has 0 fully saturated rings. The first-order valence-corrected chi connectivity index (χ1v) is 8.90. The van der Waals surface area contributed by atoms with Crippen LogP contribution < -0.4 is 10.1 Å². The highest BCUT2D eigenvalue weighted by atomic mass is 19.1. The number of nitrogens with zero attached hydrogens (tertiary/aromatic N) is 1. The van der Waals surface area contributed by atoms with E-state index >= 15 is 0 Å². The van der Waals surface area contributed by atoms with Crippen LogP contribution in [0.3, 0.4) is 0 Å². The Balaban J connectivity index is 1.67. The zero-order valence-electron chi connectivity index (χ0n) is 15.6. The topological polar surface area (TPSA) is 64.4 Å². The maximum absolute atomic E-state index is 13.6. The standard InChI is InChI=1S/C23H17FN2O3/c1-28-20-11-10-16(15-6-3-2-4-7-15)13-19(20)26-23(27)21-22(29-14-25-21)17-8-5-9-18(24)12-17/h2-14H,1H3,(H,26,27). The predicted molar refractivity (Wildman–Crippen MR) is 108 cm³/mol. The van der Waals surface area contributed by atoms with Gasteiger partial charge in [-0.1, -0.05) is 48.5 Å². The molecule has 1 heterocycles. The molecule has 0 spiro atoms. The summed E-state index contributed by atoms with van der Waals surface area (Å²) in [5.41, 5.74) is 2.91. The first-order chi connectivity index (χ1) is 14.2. The van der Waals surface area contributed by atoms with Gasteiger partial charge in [0.1, 0.15) is 11.6 Å². The van der Waals surface area contributed by atoms with Gasteiger partial charge in [-0.25, -0.2) is 9.37 Å². The Morgan fingerprint density at radius 3 is 2.52 bits per heavy atom. The lowest BCUT2D eigenvalue weighted by Gasteiger charge is -2.12. The molecule has 1 N–H and O–H groups in total. The number of carbonyl (C=O) groups is 1. The number of hydrogen-bond donors (Lipinski definition) is 1. The largest absolute Gasteiger partial charge is 0.495 e. The van der Waals surface area contributed by atoms with Crippen LogP contribution in [0.4, 0.5) is 10.1 Å². The van der Waals surface area contributed by atoms with Gasteiger partial charge in [0.25, 0.3) is 5.91 Å². The molecule has 0 aliphatic heterocycles. The number of benzene rings is 3. The number of rotatable bonds is 5. The average Bonchev–Trinajstić information content (AvgIpc) is 3.24. The second-order valence-corrected chi connectivity index (χ2v) is 6.28. The van der Waals surface area contributed by atoms with Gasteiger partial charge in [0.15, 0.2) is 17.8 Å². The smallest absolute Gasteiger partial charge is 0.278 e. The van der Waals surface area contributed by atoms with Crippen molar-refractivity contribution in [2.45, 2.75) is 0 Å². The number of oxazole rings is 1. The minimum absolute atomic E-state index is 0.0581. The molecule has 0 atom stereocenters. The lowest BCUT2D eigenvalue weighted by Crippen LogP contribution is -2.14. The van der Waals surface area contributed by atoms with Crippen LogP contribution in [0.1, 0.15) is 10.5 Å². The summed E-state index contributed by atoms with van der Waals surface area (Å²) in [7, 11) is 1.53. The number of hydrogen-bond acceptors (Lipinski definition) is 4. The summed E-state index contributed by atoms with van der Waals surface area (Å²) in [6.07, 6.45) is 1.16. The highest BCUT2D eigenvalue weighted by Crippen LogP contribution is 2.32. The minimum atomic E-state index is -0.485. The summed E-state index contributed by atoms with van der Waals surface area (Å²) in [4.78, 5) is 16.9. The van der Waals surface area contributed by atoms with Gasteiger partial charge >= 0.3 is 0 Å². The van der Waals surface area contributed by atoms with Crippen molar-refractivity contribution in [2.24, 2.45) is 0 Å². The number of amides is 1. The molecule has 4 rings (SSSR count). The number of ether oxygens (including phenoxy) is 1. The van der Waals surface area contributed by atoms with E-state index in [0.29, 0.717) is 17.0 Å². The number of methoxy groups -OCH3 is 1. The third kappa shape index (κ3) is 3.87. The fourth-order valence-electron chi connectivity index (χ4n) is 3.04. The van der Waals surface area contributed by atoms with E-state index in [1.54, 1.807) is 18.2 Å². The van der Waals surface area contributed by atoms with Crippen LogP contribution in [0.5, 0.6) is 5.75 Å². The molecule has 0 aliphatic carbocycles. The summed E-state index contributed by atoms with van der Waals surface area (Å²) in [6.45, 7) is 0. The molecule has 144 valence electrons. The van der Waals surface area contributed by atoms with Gasteiger partial charge in [0.2, 0.25) is 0 Å². The van der Waals surface area contributed by atoms with Crippen molar-refractivity contribution in [1.29, 1.82) is 0 Å². The number of aromatic nitrogens is 1. The first kappa shape index (κ1) is 18.4. The molecule has 0 bridgehead atoms. The van der Waals surface area contributed by atoms with Crippen molar-refractivity contribution in [1.82, 2.24) is 4.98 Å². The molecular formula is C23H17FN2O3. The molecule has 0 radical (unpaired) electrons. The molecule has 6 heteroatoms.